The van der Waals surface area contributed by atoms with Crippen molar-refractivity contribution in [1.29, 1.82) is 0 Å². The van der Waals surface area contributed by atoms with Crippen LogP contribution in [0, 0.1) is 0 Å². The molecule has 0 bridgehead atoms. The first-order chi connectivity index (χ1) is 10.2. The van der Waals surface area contributed by atoms with Gasteiger partial charge in [-0.05, 0) is 42.2 Å². The lowest BCUT2D eigenvalue weighted by Gasteiger charge is -2.17. The number of hydrogen-bond acceptors (Lipinski definition) is 4. The van der Waals surface area contributed by atoms with E-state index in [2.05, 4.69) is 17.3 Å². The Bertz CT molecular complexity index is 560. The van der Waals surface area contributed by atoms with Gasteiger partial charge in [-0.1, -0.05) is 30.7 Å². The summed E-state index contributed by atoms with van der Waals surface area (Å²) in [6.07, 6.45) is 5.24. The predicted molar refractivity (Wildman–Crippen MR) is 85.2 cm³/mol. The highest BCUT2D eigenvalue weighted by Gasteiger charge is 2.12. The molecule has 2 aromatic rings. The lowest BCUT2D eigenvalue weighted by atomic mass is 10.0. The highest BCUT2D eigenvalue weighted by Crippen LogP contribution is 2.22. The summed E-state index contributed by atoms with van der Waals surface area (Å²) in [5.74, 6) is 6.46. The Morgan fingerprint density at radius 2 is 2.05 bits per heavy atom. The number of benzene rings is 1. The number of pyridine rings is 1. The second kappa shape index (κ2) is 7.98. The van der Waals surface area contributed by atoms with Crippen LogP contribution in [0.4, 0.5) is 0 Å². The number of nitrogens with two attached hydrogens (primary N) is 1. The van der Waals surface area contributed by atoms with Crippen LogP contribution < -0.4 is 16.0 Å². The molecule has 112 valence electrons. The molecule has 21 heavy (non-hydrogen) atoms. The first kappa shape index (κ1) is 15.8. The number of aromatic nitrogens is 1. The van der Waals surface area contributed by atoms with Crippen LogP contribution in [0.1, 0.15) is 30.5 Å². The molecule has 1 unspecified atom stereocenters. The Balaban J connectivity index is 2.11. The van der Waals surface area contributed by atoms with Gasteiger partial charge in [0.05, 0.1) is 18.8 Å². The van der Waals surface area contributed by atoms with Crippen molar-refractivity contribution in [3.05, 3.63) is 58.9 Å². The van der Waals surface area contributed by atoms with Crippen LogP contribution in [0.2, 0.25) is 5.02 Å². The molecular weight excluding hydrogens is 286 g/mol. The van der Waals surface area contributed by atoms with Crippen molar-refractivity contribution in [1.82, 2.24) is 10.4 Å². The minimum atomic E-state index is -0.0242. The zero-order chi connectivity index (χ0) is 15.1. The van der Waals surface area contributed by atoms with Crippen LogP contribution in [0.3, 0.4) is 0 Å². The average Bonchev–Trinajstić information content (AvgIpc) is 2.52. The van der Waals surface area contributed by atoms with Crippen molar-refractivity contribution < 1.29 is 4.74 Å². The Labute approximate surface area is 130 Å². The minimum Gasteiger partial charge on any atom is -0.492 e. The lowest BCUT2D eigenvalue weighted by Crippen LogP contribution is -2.29. The quantitative estimate of drug-likeness (QED) is 0.609. The zero-order valence-electron chi connectivity index (χ0n) is 12.1. The maximum absolute atomic E-state index is 5.90. The largest absolute Gasteiger partial charge is 0.492 e. The summed E-state index contributed by atoms with van der Waals surface area (Å²) in [5, 5.41) is 0.729. The van der Waals surface area contributed by atoms with Gasteiger partial charge >= 0.3 is 0 Å². The van der Waals surface area contributed by atoms with E-state index in [9.17, 15) is 0 Å². The van der Waals surface area contributed by atoms with Crippen molar-refractivity contribution in [2.45, 2.75) is 25.8 Å². The average molecular weight is 306 g/mol. The van der Waals surface area contributed by atoms with Gasteiger partial charge in [-0.25, -0.2) is 0 Å². The van der Waals surface area contributed by atoms with Crippen LogP contribution in [0.15, 0.2) is 42.7 Å². The molecule has 4 nitrogen and oxygen atoms in total. The molecule has 1 atom stereocenters. The second-order valence-corrected chi connectivity index (χ2v) is 5.29. The maximum Gasteiger partial charge on any atom is 0.137 e. The number of rotatable bonds is 7. The summed E-state index contributed by atoms with van der Waals surface area (Å²) < 4.78 is 5.61. The molecular formula is C16H20ClN3O. The van der Waals surface area contributed by atoms with E-state index in [-0.39, 0.29) is 6.04 Å². The summed E-state index contributed by atoms with van der Waals surface area (Å²) in [7, 11) is 0. The molecule has 0 fully saturated rings. The number of hydrazine groups is 1. The van der Waals surface area contributed by atoms with Crippen molar-refractivity contribution in [2.75, 3.05) is 6.61 Å². The Hall–Kier alpha value is -1.62. The monoisotopic (exact) mass is 305 g/mol. The van der Waals surface area contributed by atoms with E-state index >= 15 is 0 Å². The molecule has 0 amide bonds. The molecule has 1 heterocycles. The van der Waals surface area contributed by atoms with Crippen LogP contribution in [0.5, 0.6) is 5.75 Å². The number of nitrogens with zero attached hydrogens (tertiary/aromatic N) is 1. The molecule has 0 aliphatic carbocycles. The van der Waals surface area contributed by atoms with Crippen LogP contribution in [0.25, 0.3) is 0 Å². The molecule has 0 aliphatic rings. The van der Waals surface area contributed by atoms with Crippen molar-refractivity contribution in [3.8, 4) is 5.75 Å². The van der Waals surface area contributed by atoms with E-state index in [1.807, 2.05) is 30.3 Å². The van der Waals surface area contributed by atoms with Gasteiger partial charge in [-0.15, -0.1) is 0 Å². The summed E-state index contributed by atoms with van der Waals surface area (Å²) in [6.45, 7) is 2.76. The molecule has 0 saturated carbocycles. The maximum atomic E-state index is 5.90. The summed E-state index contributed by atoms with van der Waals surface area (Å²) in [5.41, 5.74) is 4.99. The Morgan fingerprint density at radius 3 is 2.71 bits per heavy atom. The summed E-state index contributed by atoms with van der Waals surface area (Å²) in [4.78, 5) is 4.22. The lowest BCUT2D eigenvalue weighted by molar-refractivity contribution is 0.315. The fourth-order valence-corrected chi connectivity index (χ4v) is 2.18. The van der Waals surface area contributed by atoms with E-state index in [4.69, 9.17) is 22.2 Å². The highest BCUT2D eigenvalue weighted by atomic mass is 35.5. The smallest absolute Gasteiger partial charge is 0.137 e. The Kier molecular flexibility index (Phi) is 5.99. The minimum absolute atomic E-state index is 0.0242. The van der Waals surface area contributed by atoms with Gasteiger partial charge in [0.25, 0.3) is 0 Å². The van der Waals surface area contributed by atoms with Gasteiger partial charge in [-0.2, -0.15) is 0 Å². The van der Waals surface area contributed by atoms with Gasteiger partial charge < -0.3 is 4.74 Å². The highest BCUT2D eigenvalue weighted by molar-refractivity contribution is 6.30. The zero-order valence-corrected chi connectivity index (χ0v) is 12.8. The van der Waals surface area contributed by atoms with Gasteiger partial charge in [0.2, 0.25) is 0 Å². The SMILES string of the molecule is CCCOc1cncc(C(Cc2ccc(Cl)cc2)NN)c1. The molecule has 0 aliphatic heterocycles. The summed E-state index contributed by atoms with van der Waals surface area (Å²) in [6, 6.07) is 9.70. The molecule has 1 aromatic carbocycles. The van der Waals surface area contributed by atoms with Gasteiger partial charge in [0.15, 0.2) is 0 Å². The fraction of sp³-hybridized carbons (Fsp3) is 0.312. The topological polar surface area (TPSA) is 60.2 Å². The molecule has 3 N–H and O–H groups in total. The first-order valence-electron chi connectivity index (χ1n) is 7.01. The number of halogens is 1. The normalized spacial score (nSPS) is 12.1. The van der Waals surface area contributed by atoms with Gasteiger partial charge in [0.1, 0.15) is 5.75 Å². The molecule has 0 radical (unpaired) electrons. The second-order valence-electron chi connectivity index (χ2n) is 4.85. The van der Waals surface area contributed by atoms with Crippen molar-refractivity contribution >= 4 is 11.6 Å². The van der Waals surface area contributed by atoms with Crippen LogP contribution in [-0.4, -0.2) is 11.6 Å². The molecule has 5 heteroatoms. The van der Waals surface area contributed by atoms with E-state index in [0.29, 0.717) is 6.61 Å². The van der Waals surface area contributed by atoms with E-state index in [1.165, 1.54) is 0 Å². The molecule has 0 saturated heterocycles. The third-order valence-corrected chi connectivity index (χ3v) is 3.42. The van der Waals surface area contributed by atoms with E-state index < -0.39 is 0 Å². The Morgan fingerprint density at radius 1 is 1.29 bits per heavy atom. The van der Waals surface area contributed by atoms with Crippen LogP contribution in [-0.2, 0) is 6.42 Å². The first-order valence-corrected chi connectivity index (χ1v) is 7.39. The molecule has 2 rings (SSSR count). The molecule has 0 spiro atoms. The van der Waals surface area contributed by atoms with Crippen LogP contribution >= 0.6 is 11.6 Å². The summed E-state index contributed by atoms with van der Waals surface area (Å²) >= 11 is 5.90. The number of nitrogens with one attached hydrogen (secondary N) is 1. The van der Waals surface area contributed by atoms with Crippen molar-refractivity contribution in [2.24, 2.45) is 5.84 Å². The van der Waals surface area contributed by atoms with Gasteiger partial charge in [0, 0.05) is 11.2 Å². The van der Waals surface area contributed by atoms with E-state index in [1.54, 1.807) is 12.4 Å². The molecule has 1 aromatic heterocycles. The third-order valence-electron chi connectivity index (χ3n) is 3.16. The number of hydrogen-bond donors (Lipinski definition) is 2. The third kappa shape index (κ3) is 4.70. The fourth-order valence-electron chi connectivity index (χ4n) is 2.05. The van der Waals surface area contributed by atoms with Crippen molar-refractivity contribution in [3.63, 3.8) is 0 Å². The van der Waals surface area contributed by atoms with E-state index in [0.717, 1.165) is 34.7 Å². The predicted octanol–water partition coefficient (Wildman–Crippen LogP) is 3.27. The number of ether oxygens (including phenoxy) is 1. The van der Waals surface area contributed by atoms with Gasteiger partial charge in [-0.3, -0.25) is 16.3 Å². The standard InChI is InChI=1S/C16H20ClN3O/c1-2-7-21-15-9-13(10-19-11-15)16(20-18)8-12-3-5-14(17)6-4-12/h3-6,9-11,16,20H,2,7-8,18H2,1H3.